The highest BCUT2D eigenvalue weighted by Gasteiger charge is 2.15. The molecular weight excluding hydrogens is 506 g/mol. The van der Waals surface area contributed by atoms with E-state index in [1.807, 2.05) is 18.4 Å². The molecule has 0 aliphatic rings. The van der Waals surface area contributed by atoms with Crippen LogP contribution in [0.4, 0.5) is 14.5 Å². The molecule has 2 aromatic carbocycles. The van der Waals surface area contributed by atoms with E-state index in [0.717, 1.165) is 12.8 Å². The number of benzene rings is 2. The number of hydrogen-bond donors (Lipinski definition) is 1. The van der Waals surface area contributed by atoms with Crippen LogP contribution in [0.3, 0.4) is 0 Å². The number of fused-ring (bicyclic) bond motifs is 1. The first-order valence-electron chi connectivity index (χ1n) is 11.3. The summed E-state index contributed by atoms with van der Waals surface area (Å²) in [6, 6.07) is 11.3. The molecule has 0 aliphatic carbocycles. The Bertz CT molecular complexity index is 1470. The van der Waals surface area contributed by atoms with Crippen molar-refractivity contribution in [1.29, 1.82) is 0 Å². The maximum absolute atomic E-state index is 14.9. The molecule has 0 amide bonds. The highest BCUT2D eigenvalue weighted by Crippen LogP contribution is 2.32. The lowest BCUT2D eigenvalue weighted by Gasteiger charge is -2.12. The molecule has 4 rings (SSSR count). The quantitative estimate of drug-likeness (QED) is 0.140. The number of anilines is 1. The van der Waals surface area contributed by atoms with Gasteiger partial charge in [-0.1, -0.05) is 31.9 Å². The van der Waals surface area contributed by atoms with Crippen LogP contribution >= 0.6 is 11.3 Å². The van der Waals surface area contributed by atoms with Crippen molar-refractivity contribution in [2.24, 2.45) is 4.40 Å². The summed E-state index contributed by atoms with van der Waals surface area (Å²) in [4.78, 5) is 8.23. The van der Waals surface area contributed by atoms with Gasteiger partial charge in [-0.3, -0.25) is 0 Å². The van der Waals surface area contributed by atoms with Gasteiger partial charge in [0.1, 0.15) is 22.7 Å². The zero-order valence-electron chi connectivity index (χ0n) is 19.4. The van der Waals surface area contributed by atoms with Gasteiger partial charge in [-0.2, -0.15) is 0 Å². The van der Waals surface area contributed by atoms with Crippen LogP contribution in [0.2, 0.25) is 0 Å². The van der Waals surface area contributed by atoms with Crippen LogP contribution < -0.4 is 10.1 Å². The van der Waals surface area contributed by atoms with E-state index in [4.69, 9.17) is 4.74 Å². The Labute approximate surface area is 212 Å². The maximum atomic E-state index is 14.9. The number of sulfonamides is 1. The Morgan fingerprint density at radius 3 is 2.64 bits per heavy atom. The molecule has 0 spiro atoms. The summed E-state index contributed by atoms with van der Waals surface area (Å²) in [5, 5.41) is 4.78. The van der Waals surface area contributed by atoms with E-state index in [9.17, 15) is 17.2 Å². The second-order valence-corrected chi connectivity index (χ2v) is 10.6. The van der Waals surface area contributed by atoms with Crippen LogP contribution in [0.1, 0.15) is 38.2 Å². The molecule has 1 N–H and O–H groups in total. The summed E-state index contributed by atoms with van der Waals surface area (Å²) < 4.78 is 63.8. The van der Waals surface area contributed by atoms with Crippen molar-refractivity contribution in [3.63, 3.8) is 0 Å². The predicted octanol–water partition coefficient (Wildman–Crippen LogP) is 6.68. The first-order valence-corrected chi connectivity index (χ1v) is 13.8. The number of thiophene rings is 1. The van der Waals surface area contributed by atoms with Gasteiger partial charge in [-0.05, 0) is 47.7 Å². The standard InChI is InChI=1S/C25H24F2N4O3S2/c1-2-3-4-5-23(31-36(32,33)15-17-6-8-18(26)9-7-17)30-19-10-11-22(20(27)14-19)34-25-24-21(12-13-35-24)28-16-29-25/h6-14,16H,2-5,15H2,1H3,(H,30,31). The van der Waals surface area contributed by atoms with Crippen molar-refractivity contribution < 1.29 is 21.9 Å². The minimum absolute atomic E-state index is 0.0256. The number of amidine groups is 1. The molecular formula is C25H24F2N4O3S2. The van der Waals surface area contributed by atoms with Gasteiger partial charge < -0.3 is 10.1 Å². The molecule has 188 valence electrons. The number of nitrogens with zero attached hydrogens (tertiary/aromatic N) is 3. The van der Waals surface area contributed by atoms with E-state index in [2.05, 4.69) is 19.7 Å². The Hall–Kier alpha value is -3.44. The van der Waals surface area contributed by atoms with Gasteiger partial charge in [-0.15, -0.1) is 15.7 Å². The fraction of sp³-hybridized carbons (Fsp3) is 0.240. The van der Waals surface area contributed by atoms with Crippen LogP contribution in [-0.4, -0.2) is 24.2 Å². The van der Waals surface area contributed by atoms with Crippen molar-refractivity contribution in [2.45, 2.75) is 38.4 Å². The molecule has 0 fully saturated rings. The Morgan fingerprint density at radius 2 is 1.89 bits per heavy atom. The third-order valence-corrected chi connectivity index (χ3v) is 7.25. The third-order valence-electron chi connectivity index (χ3n) is 5.17. The normalized spacial score (nSPS) is 12.1. The van der Waals surface area contributed by atoms with E-state index < -0.39 is 21.7 Å². The van der Waals surface area contributed by atoms with Crippen LogP contribution in [0.5, 0.6) is 11.6 Å². The zero-order chi connectivity index (χ0) is 25.5. The molecule has 7 nitrogen and oxygen atoms in total. The van der Waals surface area contributed by atoms with Gasteiger partial charge in [0.15, 0.2) is 11.6 Å². The van der Waals surface area contributed by atoms with E-state index in [0.29, 0.717) is 34.3 Å². The fourth-order valence-electron chi connectivity index (χ4n) is 3.44. The Morgan fingerprint density at radius 1 is 1.08 bits per heavy atom. The molecule has 0 aliphatic heterocycles. The molecule has 0 saturated heterocycles. The second-order valence-electron chi connectivity index (χ2n) is 8.03. The number of hydrogen-bond acceptors (Lipinski definition) is 6. The van der Waals surface area contributed by atoms with Gasteiger partial charge in [0.2, 0.25) is 5.88 Å². The average molecular weight is 531 g/mol. The Balaban J connectivity index is 1.52. The van der Waals surface area contributed by atoms with Crippen molar-refractivity contribution in [3.05, 3.63) is 77.4 Å². The minimum Gasteiger partial charge on any atom is -0.434 e. The lowest BCUT2D eigenvalue weighted by atomic mass is 10.2. The molecule has 4 aromatic rings. The van der Waals surface area contributed by atoms with Crippen molar-refractivity contribution in [2.75, 3.05) is 5.32 Å². The molecule has 2 aromatic heterocycles. The van der Waals surface area contributed by atoms with Crippen LogP contribution in [0, 0.1) is 11.6 Å². The monoisotopic (exact) mass is 530 g/mol. The molecule has 0 saturated carbocycles. The van der Waals surface area contributed by atoms with Gasteiger partial charge in [0.25, 0.3) is 10.0 Å². The third kappa shape index (κ3) is 6.82. The molecule has 0 radical (unpaired) electrons. The number of unbranched alkanes of at least 4 members (excludes halogenated alkanes) is 2. The number of nitrogens with one attached hydrogen (secondary N) is 1. The van der Waals surface area contributed by atoms with Crippen LogP contribution in [-0.2, 0) is 15.8 Å². The van der Waals surface area contributed by atoms with Crippen LogP contribution in [0.15, 0.2) is 64.6 Å². The lowest BCUT2D eigenvalue weighted by molar-refractivity contribution is 0.432. The first kappa shape index (κ1) is 25.6. The second kappa shape index (κ2) is 11.5. The molecule has 11 heteroatoms. The first-order chi connectivity index (χ1) is 17.3. The van der Waals surface area contributed by atoms with Crippen molar-refractivity contribution in [3.8, 4) is 11.6 Å². The topological polar surface area (TPSA) is 93.5 Å². The SMILES string of the molecule is CCCCCC(=NS(=O)(=O)Cc1ccc(F)cc1)Nc1ccc(Oc2ncnc3ccsc23)c(F)c1. The van der Waals surface area contributed by atoms with E-state index in [-0.39, 0.29) is 23.2 Å². The predicted molar refractivity (Wildman–Crippen MR) is 138 cm³/mol. The molecule has 36 heavy (non-hydrogen) atoms. The average Bonchev–Trinajstić information content (AvgIpc) is 3.32. The maximum Gasteiger partial charge on any atom is 0.258 e. The Kier molecular flexibility index (Phi) is 8.21. The summed E-state index contributed by atoms with van der Waals surface area (Å²) in [5.41, 5.74) is 1.46. The fourth-order valence-corrected chi connectivity index (χ4v) is 5.36. The summed E-state index contributed by atoms with van der Waals surface area (Å²) in [6.45, 7) is 2.03. The van der Waals surface area contributed by atoms with E-state index in [1.165, 1.54) is 54.1 Å². The zero-order valence-corrected chi connectivity index (χ0v) is 21.1. The van der Waals surface area contributed by atoms with Crippen molar-refractivity contribution in [1.82, 2.24) is 9.97 Å². The molecule has 0 bridgehead atoms. The van der Waals surface area contributed by atoms with E-state index in [1.54, 1.807) is 6.07 Å². The smallest absolute Gasteiger partial charge is 0.258 e. The summed E-state index contributed by atoms with van der Waals surface area (Å²) in [6.07, 6.45) is 4.26. The number of ether oxygens (including phenoxy) is 1. The summed E-state index contributed by atoms with van der Waals surface area (Å²) in [5.74, 6) is -1.04. The minimum atomic E-state index is -3.91. The molecule has 0 unspecified atom stereocenters. The summed E-state index contributed by atoms with van der Waals surface area (Å²) in [7, 11) is -3.91. The van der Waals surface area contributed by atoms with Crippen molar-refractivity contribution >= 4 is 43.1 Å². The van der Waals surface area contributed by atoms with Crippen LogP contribution in [0.25, 0.3) is 10.2 Å². The number of rotatable bonds is 10. The largest absolute Gasteiger partial charge is 0.434 e. The molecule has 0 atom stereocenters. The highest BCUT2D eigenvalue weighted by atomic mass is 32.2. The van der Waals surface area contributed by atoms with Gasteiger partial charge in [0.05, 0.1) is 11.3 Å². The van der Waals surface area contributed by atoms with Gasteiger partial charge >= 0.3 is 0 Å². The number of halogens is 2. The number of aromatic nitrogens is 2. The lowest BCUT2D eigenvalue weighted by Crippen LogP contribution is -2.16. The highest BCUT2D eigenvalue weighted by molar-refractivity contribution is 7.89. The van der Waals surface area contributed by atoms with Gasteiger partial charge in [-0.25, -0.2) is 27.2 Å². The van der Waals surface area contributed by atoms with Gasteiger partial charge in [0, 0.05) is 18.2 Å². The summed E-state index contributed by atoms with van der Waals surface area (Å²) >= 11 is 1.39. The van der Waals surface area contributed by atoms with E-state index >= 15 is 0 Å². The molecule has 2 heterocycles.